The normalized spacial score (nSPS) is 11.3. The van der Waals surface area contributed by atoms with E-state index in [-0.39, 0.29) is 17.9 Å². The Hall–Kier alpha value is -2.09. The van der Waals surface area contributed by atoms with Crippen LogP contribution in [0.25, 0.3) is 0 Å². The molecule has 0 radical (unpaired) electrons. The van der Waals surface area contributed by atoms with Crippen molar-refractivity contribution in [3.63, 3.8) is 0 Å². The average Bonchev–Trinajstić information content (AvgIpc) is 2.41. The zero-order valence-electron chi connectivity index (χ0n) is 10.3. The Morgan fingerprint density at radius 2 is 1.95 bits per heavy atom. The van der Waals surface area contributed by atoms with E-state index in [2.05, 4.69) is 9.97 Å². The van der Waals surface area contributed by atoms with Gasteiger partial charge in [-0.15, -0.1) is 0 Å². The van der Waals surface area contributed by atoms with E-state index < -0.39 is 21.9 Å². The molecule has 106 valence electrons. The van der Waals surface area contributed by atoms with E-state index in [4.69, 9.17) is 0 Å². The molecular weight excluding hydrogens is 288 g/mol. The van der Waals surface area contributed by atoms with Crippen LogP contribution in [0.4, 0.5) is 14.5 Å². The fraction of sp³-hybridized carbons (Fsp3) is 0.167. The second-order valence-electron chi connectivity index (χ2n) is 3.96. The van der Waals surface area contributed by atoms with Gasteiger partial charge in [-0.2, -0.15) is 13.8 Å². The predicted molar refractivity (Wildman–Crippen MR) is 69.5 cm³/mol. The number of halogens is 2. The van der Waals surface area contributed by atoms with E-state index in [1.54, 1.807) is 24.4 Å². The van der Waals surface area contributed by atoms with Crippen LogP contribution in [-0.4, -0.2) is 24.1 Å². The van der Waals surface area contributed by atoms with Crippen molar-refractivity contribution in [1.29, 1.82) is 0 Å². The maximum absolute atomic E-state index is 13.3. The molecule has 2 rings (SSSR count). The van der Waals surface area contributed by atoms with Gasteiger partial charge in [0.2, 0.25) is 21.9 Å². The van der Waals surface area contributed by atoms with Crippen molar-refractivity contribution in [3.8, 4) is 0 Å². The van der Waals surface area contributed by atoms with Crippen molar-refractivity contribution in [1.82, 2.24) is 9.97 Å². The molecule has 0 aliphatic rings. The van der Waals surface area contributed by atoms with Gasteiger partial charge in [-0.05, 0) is 24.3 Å². The topological polar surface area (TPSA) is 72.0 Å². The van der Waals surface area contributed by atoms with Crippen LogP contribution in [0.2, 0.25) is 0 Å². The van der Waals surface area contributed by atoms with E-state index in [0.29, 0.717) is 5.69 Å². The first kappa shape index (κ1) is 14.3. The Kier molecular flexibility index (Phi) is 4.23. The van der Waals surface area contributed by atoms with Gasteiger partial charge in [-0.3, -0.25) is 9.71 Å². The number of hydrogen-bond donors (Lipinski definition) is 1. The molecule has 2 heterocycles. The van der Waals surface area contributed by atoms with Gasteiger partial charge in [0.1, 0.15) is 5.69 Å². The number of nitrogens with one attached hydrogen (secondary N) is 1. The maximum Gasteiger partial charge on any atom is 0.239 e. The van der Waals surface area contributed by atoms with E-state index in [0.717, 1.165) is 12.1 Å². The average molecular weight is 299 g/mol. The van der Waals surface area contributed by atoms with Gasteiger partial charge >= 0.3 is 0 Å². The lowest BCUT2D eigenvalue weighted by molar-refractivity contribution is 0.515. The lowest BCUT2D eigenvalue weighted by atomic mass is 10.3. The highest BCUT2D eigenvalue weighted by Gasteiger charge is 2.15. The van der Waals surface area contributed by atoms with Crippen LogP contribution in [0.5, 0.6) is 0 Å². The molecule has 0 aliphatic heterocycles. The molecule has 8 heteroatoms. The smallest absolute Gasteiger partial charge is 0.239 e. The van der Waals surface area contributed by atoms with Crippen LogP contribution in [0.1, 0.15) is 5.69 Å². The van der Waals surface area contributed by atoms with E-state index in [1.807, 2.05) is 4.72 Å². The maximum atomic E-state index is 13.3. The summed E-state index contributed by atoms with van der Waals surface area (Å²) in [5.41, 5.74) is 0.225. The standard InChI is InChI=1S/C12H11F2N3O2S/c13-11-5-4-10(12(14)16-11)17-20(18,19)8-6-9-3-1-2-7-15-9/h1-5,7,17H,6,8H2. The molecule has 2 aromatic rings. The lowest BCUT2D eigenvalue weighted by Crippen LogP contribution is -2.19. The first-order valence-electron chi connectivity index (χ1n) is 5.69. The van der Waals surface area contributed by atoms with E-state index in [9.17, 15) is 17.2 Å². The minimum absolute atomic E-state index is 0.187. The summed E-state index contributed by atoms with van der Waals surface area (Å²) in [4.78, 5) is 6.89. The predicted octanol–water partition coefficient (Wildman–Crippen LogP) is 1.74. The summed E-state index contributed by atoms with van der Waals surface area (Å²) in [5.74, 6) is -2.48. The number of pyridine rings is 2. The number of sulfonamides is 1. The first-order valence-corrected chi connectivity index (χ1v) is 7.34. The Bertz CT molecular complexity index is 693. The fourth-order valence-corrected chi connectivity index (χ4v) is 2.56. The zero-order valence-corrected chi connectivity index (χ0v) is 11.1. The van der Waals surface area contributed by atoms with Crippen molar-refractivity contribution >= 4 is 15.7 Å². The minimum Gasteiger partial charge on any atom is -0.279 e. The Morgan fingerprint density at radius 3 is 2.60 bits per heavy atom. The van der Waals surface area contributed by atoms with Crippen LogP contribution in [0, 0.1) is 11.9 Å². The number of aryl methyl sites for hydroxylation is 1. The number of aromatic nitrogens is 2. The number of nitrogens with zero attached hydrogens (tertiary/aromatic N) is 2. The summed E-state index contributed by atoms with van der Waals surface area (Å²) in [6, 6.07) is 7.01. The molecule has 2 aromatic heterocycles. The van der Waals surface area contributed by atoms with Gasteiger partial charge in [-0.1, -0.05) is 6.07 Å². The van der Waals surface area contributed by atoms with Crippen molar-refractivity contribution in [2.45, 2.75) is 6.42 Å². The van der Waals surface area contributed by atoms with Gasteiger partial charge in [0.05, 0.1) is 5.75 Å². The molecule has 0 unspecified atom stereocenters. The van der Waals surface area contributed by atoms with Gasteiger partial charge < -0.3 is 0 Å². The zero-order chi connectivity index (χ0) is 14.6. The molecule has 0 saturated carbocycles. The SMILES string of the molecule is O=S(=O)(CCc1ccccn1)Nc1ccc(F)nc1F. The van der Waals surface area contributed by atoms with Crippen LogP contribution in [0.3, 0.4) is 0 Å². The van der Waals surface area contributed by atoms with Crippen molar-refractivity contribution in [2.24, 2.45) is 0 Å². The third kappa shape index (κ3) is 3.95. The molecule has 0 fully saturated rings. The highest BCUT2D eigenvalue weighted by atomic mass is 32.2. The van der Waals surface area contributed by atoms with Crippen molar-refractivity contribution in [2.75, 3.05) is 10.5 Å². The molecule has 0 aliphatic carbocycles. The van der Waals surface area contributed by atoms with Crippen molar-refractivity contribution in [3.05, 3.63) is 54.1 Å². The summed E-state index contributed by atoms with van der Waals surface area (Å²) >= 11 is 0. The van der Waals surface area contributed by atoms with E-state index >= 15 is 0 Å². The minimum atomic E-state index is -3.76. The monoisotopic (exact) mass is 299 g/mol. The highest BCUT2D eigenvalue weighted by Crippen LogP contribution is 2.14. The molecule has 5 nitrogen and oxygen atoms in total. The summed E-state index contributed by atoms with van der Waals surface area (Å²) in [5, 5.41) is 0. The molecule has 0 bridgehead atoms. The van der Waals surface area contributed by atoms with Crippen LogP contribution in [-0.2, 0) is 16.4 Å². The molecule has 20 heavy (non-hydrogen) atoms. The second-order valence-corrected chi connectivity index (χ2v) is 5.81. The highest BCUT2D eigenvalue weighted by molar-refractivity contribution is 7.92. The molecule has 0 aromatic carbocycles. The summed E-state index contributed by atoms with van der Waals surface area (Å²) in [6.07, 6.45) is 1.74. The molecule has 0 atom stereocenters. The summed E-state index contributed by atoms with van der Waals surface area (Å²) < 4.78 is 51.5. The van der Waals surface area contributed by atoms with E-state index in [1.165, 1.54) is 0 Å². The van der Waals surface area contributed by atoms with Gasteiger partial charge in [0, 0.05) is 18.3 Å². The van der Waals surface area contributed by atoms with Gasteiger partial charge in [-0.25, -0.2) is 8.42 Å². The summed E-state index contributed by atoms with van der Waals surface area (Å²) in [7, 11) is -3.76. The van der Waals surface area contributed by atoms with Gasteiger partial charge in [0.15, 0.2) is 0 Å². The number of anilines is 1. The van der Waals surface area contributed by atoms with Crippen LogP contribution < -0.4 is 4.72 Å². The quantitative estimate of drug-likeness (QED) is 0.854. The summed E-state index contributed by atoms with van der Waals surface area (Å²) in [6.45, 7) is 0. The molecule has 0 amide bonds. The third-order valence-electron chi connectivity index (χ3n) is 2.43. The third-order valence-corrected chi connectivity index (χ3v) is 3.71. The van der Waals surface area contributed by atoms with Gasteiger partial charge in [0.25, 0.3) is 0 Å². The van der Waals surface area contributed by atoms with Crippen molar-refractivity contribution < 1.29 is 17.2 Å². The number of rotatable bonds is 5. The molecule has 1 N–H and O–H groups in total. The Labute approximate surface area is 114 Å². The lowest BCUT2D eigenvalue weighted by Gasteiger charge is -2.08. The molecular formula is C12H11F2N3O2S. The number of hydrogen-bond acceptors (Lipinski definition) is 4. The first-order chi connectivity index (χ1) is 9.46. The Balaban J connectivity index is 2.04. The largest absolute Gasteiger partial charge is 0.279 e. The molecule has 0 saturated heterocycles. The second kappa shape index (κ2) is 5.91. The van der Waals surface area contributed by atoms with Crippen LogP contribution in [0.15, 0.2) is 36.5 Å². The Morgan fingerprint density at radius 1 is 1.15 bits per heavy atom. The molecule has 0 spiro atoms. The fourth-order valence-electron chi connectivity index (χ4n) is 1.49. The van der Waals surface area contributed by atoms with Crippen LogP contribution >= 0.6 is 0 Å².